The first-order chi connectivity index (χ1) is 5.91. The molecule has 2 atom stereocenters. The maximum atomic E-state index is 2.44. The maximum Gasteiger partial charge on any atom is -0.00867 e. The third-order valence-corrected chi connectivity index (χ3v) is 4.84. The third kappa shape index (κ3) is 1.11. The molecule has 1 saturated carbocycles. The molecule has 0 nitrogen and oxygen atoms in total. The highest BCUT2D eigenvalue weighted by Gasteiger charge is 2.59. The SMILES string of the molecule is CC.CC12C=CC(C)(CC1)C2(C)C. The van der Waals surface area contributed by atoms with Gasteiger partial charge in [-0.3, -0.25) is 0 Å². The summed E-state index contributed by atoms with van der Waals surface area (Å²) in [5, 5.41) is 0. The Labute approximate surface area is 83.4 Å². The fraction of sp³-hybridized carbons (Fsp3) is 0.846. The van der Waals surface area contributed by atoms with Crippen LogP contribution in [-0.4, -0.2) is 0 Å². The molecule has 1 fully saturated rings. The van der Waals surface area contributed by atoms with Crippen LogP contribution in [0.2, 0.25) is 0 Å². The van der Waals surface area contributed by atoms with Crippen LogP contribution in [-0.2, 0) is 0 Å². The van der Waals surface area contributed by atoms with E-state index in [1.165, 1.54) is 12.8 Å². The van der Waals surface area contributed by atoms with Crippen LogP contribution in [0.1, 0.15) is 54.4 Å². The summed E-state index contributed by atoms with van der Waals surface area (Å²) in [6.45, 7) is 13.6. The average molecular weight is 180 g/mol. The van der Waals surface area contributed by atoms with Crippen molar-refractivity contribution in [1.82, 2.24) is 0 Å². The van der Waals surface area contributed by atoms with Gasteiger partial charge in [0.2, 0.25) is 0 Å². The zero-order valence-electron chi connectivity index (χ0n) is 10.1. The number of allylic oxidation sites excluding steroid dienone is 2. The topological polar surface area (TPSA) is 0 Å². The van der Waals surface area contributed by atoms with Gasteiger partial charge in [0.1, 0.15) is 0 Å². The number of fused-ring (bicyclic) bond motifs is 2. The lowest BCUT2D eigenvalue weighted by molar-refractivity contribution is 0.120. The van der Waals surface area contributed by atoms with E-state index in [1.807, 2.05) is 13.8 Å². The van der Waals surface area contributed by atoms with Crippen LogP contribution in [0.3, 0.4) is 0 Å². The average Bonchev–Trinajstić information content (AvgIpc) is 2.39. The van der Waals surface area contributed by atoms with Crippen molar-refractivity contribution < 1.29 is 0 Å². The molecule has 0 spiro atoms. The van der Waals surface area contributed by atoms with Gasteiger partial charge in [-0.05, 0) is 29.1 Å². The summed E-state index contributed by atoms with van der Waals surface area (Å²) in [7, 11) is 0. The summed E-state index contributed by atoms with van der Waals surface area (Å²) < 4.78 is 0. The Balaban J connectivity index is 0.000000396. The molecule has 0 aromatic heterocycles. The summed E-state index contributed by atoms with van der Waals surface area (Å²) in [5.41, 5.74) is 1.46. The highest BCUT2D eigenvalue weighted by molar-refractivity contribution is 5.27. The molecule has 2 aliphatic rings. The third-order valence-electron chi connectivity index (χ3n) is 4.84. The van der Waals surface area contributed by atoms with Crippen molar-refractivity contribution >= 4 is 0 Å². The molecule has 0 aromatic carbocycles. The Hall–Kier alpha value is -0.260. The largest absolute Gasteiger partial charge is 0.0814 e. The zero-order chi connectivity index (χ0) is 10.3. The van der Waals surface area contributed by atoms with Crippen molar-refractivity contribution in [3.8, 4) is 0 Å². The van der Waals surface area contributed by atoms with E-state index in [4.69, 9.17) is 0 Å². The lowest BCUT2D eigenvalue weighted by Gasteiger charge is -2.39. The normalized spacial score (nSPS) is 44.5. The lowest BCUT2D eigenvalue weighted by Crippen LogP contribution is -2.32. The van der Waals surface area contributed by atoms with Gasteiger partial charge in [-0.2, -0.15) is 0 Å². The van der Waals surface area contributed by atoms with E-state index in [2.05, 4.69) is 39.8 Å². The van der Waals surface area contributed by atoms with E-state index < -0.39 is 0 Å². The van der Waals surface area contributed by atoms with E-state index in [0.717, 1.165) is 0 Å². The molecule has 0 aromatic rings. The van der Waals surface area contributed by atoms with Gasteiger partial charge < -0.3 is 0 Å². The number of hydrogen-bond acceptors (Lipinski definition) is 0. The van der Waals surface area contributed by atoms with Crippen LogP contribution in [0.5, 0.6) is 0 Å². The van der Waals surface area contributed by atoms with Crippen LogP contribution >= 0.6 is 0 Å². The fourth-order valence-electron chi connectivity index (χ4n) is 2.75. The first-order valence-corrected chi connectivity index (χ1v) is 5.62. The highest BCUT2D eigenvalue weighted by Crippen LogP contribution is 2.68. The minimum Gasteiger partial charge on any atom is -0.0814 e. The maximum absolute atomic E-state index is 2.44. The molecule has 0 amide bonds. The van der Waals surface area contributed by atoms with Crippen LogP contribution in [0.4, 0.5) is 0 Å². The van der Waals surface area contributed by atoms with Gasteiger partial charge >= 0.3 is 0 Å². The van der Waals surface area contributed by atoms with Crippen molar-refractivity contribution in [2.45, 2.75) is 54.4 Å². The fourth-order valence-corrected chi connectivity index (χ4v) is 2.75. The van der Waals surface area contributed by atoms with E-state index in [9.17, 15) is 0 Å². The minimum absolute atomic E-state index is 0.486. The van der Waals surface area contributed by atoms with E-state index in [0.29, 0.717) is 16.2 Å². The molecule has 0 radical (unpaired) electrons. The molecule has 13 heavy (non-hydrogen) atoms. The van der Waals surface area contributed by atoms with Crippen LogP contribution in [0.25, 0.3) is 0 Å². The molecule has 0 aliphatic heterocycles. The molecule has 2 unspecified atom stereocenters. The van der Waals surface area contributed by atoms with Crippen molar-refractivity contribution in [1.29, 1.82) is 0 Å². The summed E-state index contributed by atoms with van der Waals surface area (Å²) in [6, 6.07) is 0. The molecule has 2 rings (SSSR count). The monoisotopic (exact) mass is 180 g/mol. The van der Waals surface area contributed by atoms with Gasteiger partial charge in [-0.1, -0.05) is 53.7 Å². The van der Waals surface area contributed by atoms with Gasteiger partial charge in [-0.25, -0.2) is 0 Å². The van der Waals surface area contributed by atoms with Crippen LogP contribution < -0.4 is 0 Å². The van der Waals surface area contributed by atoms with Crippen LogP contribution in [0, 0.1) is 16.2 Å². The van der Waals surface area contributed by atoms with E-state index >= 15 is 0 Å². The smallest absolute Gasteiger partial charge is 0.00867 e. The van der Waals surface area contributed by atoms with E-state index in [1.54, 1.807) is 0 Å². The standard InChI is InChI=1S/C11H18.C2H6/c1-9(2)10(3)5-7-11(9,4)8-6-10;1-2/h5,7H,6,8H2,1-4H3;1-2H3. The van der Waals surface area contributed by atoms with Crippen molar-refractivity contribution in [3.63, 3.8) is 0 Å². The summed E-state index contributed by atoms with van der Waals surface area (Å²) in [5.74, 6) is 0. The Kier molecular flexibility index (Phi) is 2.38. The van der Waals surface area contributed by atoms with Crippen LogP contribution in [0.15, 0.2) is 12.2 Å². The van der Waals surface area contributed by atoms with Gasteiger partial charge in [-0.15, -0.1) is 0 Å². The van der Waals surface area contributed by atoms with Gasteiger partial charge in [0.05, 0.1) is 0 Å². The quantitative estimate of drug-likeness (QED) is 0.484. The second-order valence-electron chi connectivity index (χ2n) is 5.29. The van der Waals surface area contributed by atoms with Gasteiger partial charge in [0.15, 0.2) is 0 Å². The molecular formula is C13H24. The molecule has 0 N–H and O–H groups in total. The lowest BCUT2D eigenvalue weighted by atomic mass is 9.65. The summed E-state index contributed by atoms with van der Waals surface area (Å²) >= 11 is 0. The minimum atomic E-state index is 0.486. The number of hydrogen-bond donors (Lipinski definition) is 0. The van der Waals surface area contributed by atoms with Gasteiger partial charge in [0.25, 0.3) is 0 Å². The molecule has 76 valence electrons. The predicted molar refractivity (Wildman–Crippen MR) is 59.7 cm³/mol. The summed E-state index contributed by atoms with van der Waals surface area (Å²) in [6.07, 6.45) is 7.65. The Bertz CT molecular complexity index is 202. The predicted octanol–water partition coefficient (Wildman–Crippen LogP) is 4.42. The second-order valence-corrected chi connectivity index (χ2v) is 5.29. The molecule has 0 saturated heterocycles. The Morgan fingerprint density at radius 3 is 1.15 bits per heavy atom. The second kappa shape index (κ2) is 2.87. The Morgan fingerprint density at radius 1 is 0.769 bits per heavy atom. The van der Waals surface area contributed by atoms with Crippen molar-refractivity contribution in [3.05, 3.63) is 12.2 Å². The van der Waals surface area contributed by atoms with Crippen molar-refractivity contribution in [2.75, 3.05) is 0 Å². The van der Waals surface area contributed by atoms with Gasteiger partial charge in [0, 0.05) is 0 Å². The van der Waals surface area contributed by atoms with E-state index in [-0.39, 0.29) is 0 Å². The first-order valence-electron chi connectivity index (χ1n) is 5.62. The zero-order valence-corrected chi connectivity index (χ0v) is 10.1. The molecule has 0 heterocycles. The first kappa shape index (κ1) is 10.8. The highest BCUT2D eigenvalue weighted by atomic mass is 14.6. The van der Waals surface area contributed by atoms with Crippen molar-refractivity contribution in [2.24, 2.45) is 16.2 Å². The number of rotatable bonds is 0. The Morgan fingerprint density at radius 2 is 1.08 bits per heavy atom. The molecule has 0 heteroatoms. The molecule has 2 bridgehead atoms. The summed E-state index contributed by atoms with van der Waals surface area (Å²) in [4.78, 5) is 0. The molecular weight excluding hydrogens is 156 g/mol. The molecule has 2 aliphatic carbocycles.